The number of rotatable bonds is 8. The summed E-state index contributed by atoms with van der Waals surface area (Å²) in [4.78, 5) is 29.2. The molecule has 1 heterocycles. The minimum Gasteiger partial charge on any atom is -0.377 e. The molecule has 0 fully saturated rings. The first-order valence-electron chi connectivity index (χ1n) is 9.14. The third kappa shape index (κ3) is 5.72. The molecular weight excluding hydrogens is 360 g/mol. The number of hydrogen-bond donors (Lipinski definition) is 2. The number of carbonyl (C=O) groups is 2. The summed E-state index contributed by atoms with van der Waals surface area (Å²) in [5, 5.41) is 7.69. The van der Waals surface area contributed by atoms with Gasteiger partial charge in [-0.15, -0.1) is 11.3 Å². The van der Waals surface area contributed by atoms with E-state index in [1.165, 1.54) is 11.3 Å². The molecule has 2 N–H and O–H groups in total. The lowest BCUT2D eigenvalue weighted by Crippen LogP contribution is -2.40. The molecule has 2 rings (SSSR count). The van der Waals surface area contributed by atoms with E-state index in [2.05, 4.69) is 17.6 Å². The summed E-state index contributed by atoms with van der Waals surface area (Å²) in [6, 6.07) is 9.39. The van der Waals surface area contributed by atoms with Crippen molar-refractivity contribution in [3.63, 3.8) is 0 Å². The average molecular weight is 389 g/mol. The van der Waals surface area contributed by atoms with Gasteiger partial charge in [0.1, 0.15) is 0 Å². The van der Waals surface area contributed by atoms with E-state index in [0.717, 1.165) is 23.4 Å². The van der Waals surface area contributed by atoms with Crippen LogP contribution >= 0.6 is 11.3 Å². The first-order valence-corrected chi connectivity index (χ1v) is 10.0. The third-order valence-corrected chi connectivity index (χ3v) is 4.90. The second kappa shape index (κ2) is 9.97. The van der Waals surface area contributed by atoms with Crippen LogP contribution in [0.3, 0.4) is 0 Å². The van der Waals surface area contributed by atoms with E-state index in [1.54, 1.807) is 11.0 Å². The number of carbonyl (C=O) groups excluding carboxylic acids is 2. The Morgan fingerprint density at radius 2 is 1.93 bits per heavy atom. The summed E-state index contributed by atoms with van der Waals surface area (Å²) < 4.78 is 0. The molecule has 0 bridgehead atoms. The molecule has 0 saturated carbocycles. The zero-order valence-electron chi connectivity index (χ0n) is 16.4. The van der Waals surface area contributed by atoms with Crippen molar-refractivity contribution in [2.24, 2.45) is 0 Å². The zero-order valence-corrected chi connectivity index (χ0v) is 17.2. The van der Waals surface area contributed by atoms with Gasteiger partial charge in [0.25, 0.3) is 5.91 Å². The van der Waals surface area contributed by atoms with Crippen molar-refractivity contribution in [3.05, 3.63) is 46.2 Å². The number of thiophene rings is 1. The van der Waals surface area contributed by atoms with Crippen LogP contribution in [0.1, 0.15) is 35.5 Å². The predicted molar refractivity (Wildman–Crippen MR) is 113 cm³/mol. The molecular formula is C20H28N4O2S. The lowest BCUT2D eigenvalue weighted by atomic mass is 10.1. The molecule has 2 aromatic rings. The topological polar surface area (TPSA) is 64.7 Å². The van der Waals surface area contributed by atoms with Gasteiger partial charge in [0.05, 0.1) is 4.88 Å². The van der Waals surface area contributed by atoms with Crippen LogP contribution in [0.5, 0.6) is 0 Å². The maximum absolute atomic E-state index is 12.4. The summed E-state index contributed by atoms with van der Waals surface area (Å²) in [6.45, 7) is 5.71. The Morgan fingerprint density at radius 1 is 1.15 bits per heavy atom. The fourth-order valence-electron chi connectivity index (χ4n) is 2.82. The summed E-state index contributed by atoms with van der Waals surface area (Å²) in [5.41, 5.74) is 2.74. The standard InChI is InChI=1S/C20H28N4O2S/c1-5-11-24(20(26)21-6-2)14-15-13-16(9-10-17(15)23(3)4)22-19(25)18-8-7-12-27-18/h7-10,12-13H,5-6,11,14H2,1-4H3,(H,21,26)(H,22,25). The Morgan fingerprint density at radius 3 is 2.52 bits per heavy atom. The Kier molecular flexibility index (Phi) is 7.67. The maximum Gasteiger partial charge on any atom is 0.317 e. The van der Waals surface area contributed by atoms with Gasteiger partial charge in [-0.05, 0) is 48.6 Å². The minimum absolute atomic E-state index is 0.0721. The van der Waals surface area contributed by atoms with Gasteiger partial charge in [-0.2, -0.15) is 0 Å². The Bertz CT molecular complexity index is 759. The van der Waals surface area contributed by atoms with E-state index >= 15 is 0 Å². The number of nitrogens with zero attached hydrogens (tertiary/aromatic N) is 2. The van der Waals surface area contributed by atoms with Crippen LogP contribution in [0.25, 0.3) is 0 Å². The number of urea groups is 1. The lowest BCUT2D eigenvalue weighted by molar-refractivity contribution is 0.103. The molecule has 146 valence electrons. The van der Waals surface area contributed by atoms with Crippen molar-refractivity contribution >= 4 is 34.6 Å². The molecule has 6 nitrogen and oxygen atoms in total. The van der Waals surface area contributed by atoms with Crippen LogP contribution < -0.4 is 15.5 Å². The molecule has 1 aromatic carbocycles. The summed E-state index contributed by atoms with van der Waals surface area (Å²) in [7, 11) is 3.94. The Balaban J connectivity index is 2.25. The molecule has 27 heavy (non-hydrogen) atoms. The van der Waals surface area contributed by atoms with Crippen LogP contribution in [0, 0.1) is 0 Å². The van der Waals surface area contributed by atoms with Gasteiger partial charge < -0.3 is 20.4 Å². The average Bonchev–Trinajstić information content (AvgIpc) is 3.16. The normalized spacial score (nSPS) is 10.4. The monoisotopic (exact) mass is 388 g/mol. The smallest absolute Gasteiger partial charge is 0.317 e. The lowest BCUT2D eigenvalue weighted by Gasteiger charge is -2.26. The van der Waals surface area contributed by atoms with Crippen molar-refractivity contribution in [1.29, 1.82) is 0 Å². The van der Waals surface area contributed by atoms with E-state index in [0.29, 0.717) is 24.5 Å². The highest BCUT2D eigenvalue weighted by Crippen LogP contribution is 2.25. The number of hydrogen-bond acceptors (Lipinski definition) is 4. The van der Waals surface area contributed by atoms with Crippen molar-refractivity contribution in [2.45, 2.75) is 26.8 Å². The van der Waals surface area contributed by atoms with E-state index < -0.39 is 0 Å². The molecule has 0 radical (unpaired) electrons. The van der Waals surface area contributed by atoms with Gasteiger partial charge in [-0.25, -0.2) is 4.79 Å². The molecule has 3 amide bonds. The van der Waals surface area contributed by atoms with E-state index in [1.807, 2.05) is 55.6 Å². The van der Waals surface area contributed by atoms with Gasteiger partial charge in [-0.3, -0.25) is 4.79 Å². The number of nitrogens with one attached hydrogen (secondary N) is 2. The van der Waals surface area contributed by atoms with Crippen molar-refractivity contribution < 1.29 is 9.59 Å². The zero-order chi connectivity index (χ0) is 19.8. The number of amides is 3. The Labute approximate surface area is 165 Å². The first kappa shape index (κ1) is 20.8. The molecule has 0 aliphatic rings. The molecule has 0 atom stereocenters. The summed E-state index contributed by atoms with van der Waals surface area (Å²) in [6.07, 6.45) is 0.878. The highest BCUT2D eigenvalue weighted by Gasteiger charge is 2.16. The SMILES string of the molecule is CCCN(Cc1cc(NC(=O)c2cccs2)ccc1N(C)C)C(=O)NCC. The van der Waals surface area contributed by atoms with Gasteiger partial charge in [0.15, 0.2) is 0 Å². The summed E-state index contributed by atoms with van der Waals surface area (Å²) in [5.74, 6) is -0.123. The van der Waals surface area contributed by atoms with Crippen LogP contribution in [0.2, 0.25) is 0 Å². The summed E-state index contributed by atoms with van der Waals surface area (Å²) >= 11 is 1.41. The first-order chi connectivity index (χ1) is 13.0. The molecule has 7 heteroatoms. The molecule has 0 aliphatic heterocycles. The second-order valence-corrected chi connectivity index (χ2v) is 7.37. The fourth-order valence-corrected chi connectivity index (χ4v) is 3.44. The van der Waals surface area contributed by atoms with Gasteiger partial charge >= 0.3 is 6.03 Å². The molecule has 0 aliphatic carbocycles. The van der Waals surface area contributed by atoms with Gasteiger partial charge in [0, 0.05) is 45.1 Å². The highest BCUT2D eigenvalue weighted by molar-refractivity contribution is 7.12. The van der Waals surface area contributed by atoms with Crippen LogP contribution in [0.4, 0.5) is 16.2 Å². The van der Waals surface area contributed by atoms with Crippen LogP contribution in [-0.2, 0) is 6.54 Å². The molecule has 0 saturated heterocycles. The van der Waals surface area contributed by atoms with Gasteiger partial charge in [0.2, 0.25) is 0 Å². The molecule has 1 aromatic heterocycles. The predicted octanol–water partition coefficient (Wildman–Crippen LogP) is 4.01. The molecule has 0 spiro atoms. The van der Waals surface area contributed by atoms with Crippen LogP contribution in [0.15, 0.2) is 35.7 Å². The van der Waals surface area contributed by atoms with Crippen LogP contribution in [-0.4, -0.2) is 44.0 Å². The van der Waals surface area contributed by atoms with Crippen molar-refractivity contribution in [1.82, 2.24) is 10.2 Å². The number of anilines is 2. The van der Waals surface area contributed by atoms with E-state index in [9.17, 15) is 9.59 Å². The van der Waals surface area contributed by atoms with Crippen molar-refractivity contribution in [3.8, 4) is 0 Å². The fraction of sp³-hybridized carbons (Fsp3) is 0.400. The second-order valence-electron chi connectivity index (χ2n) is 6.43. The minimum atomic E-state index is -0.123. The molecule has 0 unspecified atom stereocenters. The highest BCUT2D eigenvalue weighted by atomic mass is 32.1. The largest absolute Gasteiger partial charge is 0.377 e. The Hall–Kier alpha value is -2.54. The van der Waals surface area contributed by atoms with Gasteiger partial charge in [-0.1, -0.05) is 13.0 Å². The van der Waals surface area contributed by atoms with Crippen molar-refractivity contribution in [2.75, 3.05) is 37.4 Å². The van der Waals surface area contributed by atoms with E-state index in [-0.39, 0.29) is 11.9 Å². The number of benzene rings is 1. The quantitative estimate of drug-likeness (QED) is 0.718. The third-order valence-electron chi connectivity index (χ3n) is 4.03. The van der Waals surface area contributed by atoms with E-state index in [4.69, 9.17) is 0 Å². The maximum atomic E-state index is 12.4.